The second-order valence-electron chi connectivity index (χ2n) is 4.53. The van der Waals surface area contributed by atoms with Crippen LogP contribution in [0.15, 0.2) is 0 Å². The van der Waals surface area contributed by atoms with Crippen LogP contribution in [0, 0.1) is 5.92 Å². The summed E-state index contributed by atoms with van der Waals surface area (Å²) in [6.45, 7) is 4.21. The molecule has 1 aliphatic rings. The van der Waals surface area contributed by atoms with Crippen LogP contribution in [0.5, 0.6) is 0 Å². The van der Waals surface area contributed by atoms with E-state index >= 15 is 0 Å². The largest absolute Gasteiger partial charge is 0.468 e. The van der Waals surface area contributed by atoms with Crippen molar-refractivity contribution in [3.8, 4) is 0 Å². The van der Waals surface area contributed by atoms with Crippen LogP contribution in [0.2, 0.25) is 0 Å². The molecule has 1 fully saturated rings. The van der Waals surface area contributed by atoms with Crippen LogP contribution in [0.4, 0.5) is 0 Å². The zero-order valence-corrected chi connectivity index (χ0v) is 10.1. The van der Waals surface area contributed by atoms with E-state index in [1.54, 1.807) is 0 Å². The molecule has 0 saturated heterocycles. The summed E-state index contributed by atoms with van der Waals surface area (Å²) in [6.07, 6.45) is 5.96. The van der Waals surface area contributed by atoms with Gasteiger partial charge in [-0.3, -0.25) is 4.79 Å². The summed E-state index contributed by atoms with van der Waals surface area (Å²) < 4.78 is 4.84. The molecule has 1 rings (SSSR count). The molecule has 0 aromatic carbocycles. The predicted molar refractivity (Wildman–Crippen MR) is 60.7 cm³/mol. The molecule has 1 N–H and O–H groups in total. The Bertz CT molecular complexity index is 200. The fraction of sp³-hybridized carbons (Fsp3) is 0.917. The molecule has 15 heavy (non-hydrogen) atoms. The number of hydrogen-bond donors (Lipinski definition) is 1. The second kappa shape index (κ2) is 6.11. The Balaban J connectivity index is 2.51. The number of methoxy groups -OCH3 is 1. The van der Waals surface area contributed by atoms with Gasteiger partial charge in [0, 0.05) is 6.04 Å². The highest BCUT2D eigenvalue weighted by molar-refractivity contribution is 5.76. The number of esters is 1. The maximum Gasteiger partial charge on any atom is 0.323 e. The SMILES string of the molecule is CC[C@H](C)[C@H](NC1CCCC1)C(=O)OC. The average molecular weight is 213 g/mol. The molecule has 0 spiro atoms. The number of carbonyl (C=O) groups excluding carboxylic acids is 1. The van der Waals surface area contributed by atoms with Crippen LogP contribution in [0.25, 0.3) is 0 Å². The molecule has 3 heteroatoms. The minimum absolute atomic E-state index is 0.115. The Morgan fingerprint density at radius 3 is 2.53 bits per heavy atom. The first kappa shape index (κ1) is 12.5. The summed E-state index contributed by atoms with van der Waals surface area (Å²) in [5, 5.41) is 3.44. The molecule has 0 radical (unpaired) electrons. The van der Waals surface area contributed by atoms with Gasteiger partial charge in [-0.2, -0.15) is 0 Å². The lowest BCUT2D eigenvalue weighted by atomic mass is 9.98. The molecule has 88 valence electrons. The van der Waals surface area contributed by atoms with E-state index in [2.05, 4.69) is 19.2 Å². The highest BCUT2D eigenvalue weighted by atomic mass is 16.5. The van der Waals surface area contributed by atoms with Crippen LogP contribution in [0.3, 0.4) is 0 Å². The molecule has 2 atom stereocenters. The maximum absolute atomic E-state index is 11.6. The molecule has 0 bridgehead atoms. The van der Waals surface area contributed by atoms with E-state index in [0.717, 1.165) is 6.42 Å². The monoisotopic (exact) mass is 213 g/mol. The van der Waals surface area contributed by atoms with Crippen molar-refractivity contribution >= 4 is 5.97 Å². The highest BCUT2D eigenvalue weighted by Crippen LogP contribution is 2.20. The molecule has 0 unspecified atom stereocenters. The molecule has 0 aromatic rings. The third-order valence-electron chi connectivity index (χ3n) is 3.44. The number of nitrogens with one attached hydrogen (secondary N) is 1. The molecule has 0 aromatic heterocycles. The van der Waals surface area contributed by atoms with Gasteiger partial charge in [-0.25, -0.2) is 0 Å². The Hall–Kier alpha value is -0.570. The van der Waals surface area contributed by atoms with Crippen molar-refractivity contribution in [1.82, 2.24) is 5.32 Å². The van der Waals surface area contributed by atoms with Gasteiger partial charge in [0.15, 0.2) is 0 Å². The van der Waals surface area contributed by atoms with Crippen LogP contribution in [0.1, 0.15) is 46.0 Å². The van der Waals surface area contributed by atoms with Crippen molar-refractivity contribution in [2.24, 2.45) is 5.92 Å². The van der Waals surface area contributed by atoms with Gasteiger partial charge in [0.2, 0.25) is 0 Å². The minimum atomic E-state index is -0.122. The van der Waals surface area contributed by atoms with Crippen LogP contribution >= 0.6 is 0 Å². The zero-order chi connectivity index (χ0) is 11.3. The molecule has 1 saturated carbocycles. The van der Waals surface area contributed by atoms with E-state index in [0.29, 0.717) is 12.0 Å². The van der Waals surface area contributed by atoms with E-state index in [-0.39, 0.29) is 12.0 Å². The average Bonchev–Trinajstić information content (AvgIpc) is 2.76. The van der Waals surface area contributed by atoms with Crippen LogP contribution < -0.4 is 5.32 Å². The van der Waals surface area contributed by atoms with Gasteiger partial charge in [-0.15, -0.1) is 0 Å². The van der Waals surface area contributed by atoms with E-state index in [1.807, 2.05) is 0 Å². The van der Waals surface area contributed by atoms with E-state index in [4.69, 9.17) is 4.74 Å². The van der Waals surface area contributed by atoms with E-state index in [9.17, 15) is 4.79 Å². The van der Waals surface area contributed by atoms with Crippen molar-refractivity contribution in [3.63, 3.8) is 0 Å². The van der Waals surface area contributed by atoms with Gasteiger partial charge < -0.3 is 10.1 Å². The van der Waals surface area contributed by atoms with Gasteiger partial charge in [0.1, 0.15) is 6.04 Å². The fourth-order valence-electron chi connectivity index (χ4n) is 2.17. The Morgan fingerprint density at radius 2 is 2.07 bits per heavy atom. The number of rotatable bonds is 5. The quantitative estimate of drug-likeness (QED) is 0.711. The first-order valence-electron chi connectivity index (χ1n) is 6.03. The predicted octanol–water partition coefficient (Wildman–Crippen LogP) is 2.11. The van der Waals surface area contributed by atoms with Crippen molar-refractivity contribution in [3.05, 3.63) is 0 Å². The van der Waals surface area contributed by atoms with Gasteiger partial charge in [0.05, 0.1) is 7.11 Å². The summed E-state index contributed by atoms with van der Waals surface area (Å²) in [5.41, 5.74) is 0. The Kier molecular flexibility index (Phi) is 5.09. The summed E-state index contributed by atoms with van der Waals surface area (Å²) in [6, 6.07) is 0.395. The van der Waals surface area contributed by atoms with E-state index in [1.165, 1.54) is 32.8 Å². The lowest BCUT2D eigenvalue weighted by Gasteiger charge is -2.25. The van der Waals surface area contributed by atoms with Crippen molar-refractivity contribution in [2.75, 3.05) is 7.11 Å². The lowest BCUT2D eigenvalue weighted by molar-refractivity contribution is -0.144. The fourth-order valence-corrected chi connectivity index (χ4v) is 2.17. The van der Waals surface area contributed by atoms with Gasteiger partial charge >= 0.3 is 5.97 Å². The number of hydrogen-bond acceptors (Lipinski definition) is 3. The smallest absolute Gasteiger partial charge is 0.323 e. The third-order valence-corrected chi connectivity index (χ3v) is 3.44. The first-order chi connectivity index (χ1) is 7.19. The van der Waals surface area contributed by atoms with Gasteiger partial charge in [0.25, 0.3) is 0 Å². The van der Waals surface area contributed by atoms with Gasteiger partial charge in [-0.05, 0) is 18.8 Å². The molecule has 0 amide bonds. The molecular weight excluding hydrogens is 190 g/mol. The maximum atomic E-state index is 11.6. The Morgan fingerprint density at radius 1 is 1.47 bits per heavy atom. The molecule has 0 heterocycles. The normalized spacial score (nSPS) is 21.3. The molecular formula is C12H23NO2. The van der Waals surface area contributed by atoms with Gasteiger partial charge in [-0.1, -0.05) is 33.1 Å². The third kappa shape index (κ3) is 3.49. The van der Waals surface area contributed by atoms with E-state index < -0.39 is 0 Å². The summed E-state index contributed by atoms with van der Waals surface area (Å²) in [7, 11) is 1.47. The van der Waals surface area contributed by atoms with Crippen LogP contribution in [-0.2, 0) is 9.53 Å². The highest BCUT2D eigenvalue weighted by Gasteiger charge is 2.28. The lowest BCUT2D eigenvalue weighted by Crippen LogP contribution is -2.46. The number of ether oxygens (including phenoxy) is 1. The zero-order valence-electron chi connectivity index (χ0n) is 10.1. The van der Waals surface area contributed by atoms with Crippen molar-refractivity contribution in [1.29, 1.82) is 0 Å². The number of carbonyl (C=O) groups is 1. The molecule has 1 aliphatic carbocycles. The molecule has 3 nitrogen and oxygen atoms in total. The van der Waals surface area contributed by atoms with Crippen molar-refractivity contribution in [2.45, 2.75) is 58.0 Å². The molecule has 0 aliphatic heterocycles. The summed E-state index contributed by atoms with van der Waals surface area (Å²) in [4.78, 5) is 11.6. The van der Waals surface area contributed by atoms with Crippen LogP contribution in [-0.4, -0.2) is 25.2 Å². The summed E-state index contributed by atoms with van der Waals surface area (Å²) >= 11 is 0. The summed E-state index contributed by atoms with van der Waals surface area (Å²) in [5.74, 6) is 0.231. The topological polar surface area (TPSA) is 38.3 Å². The second-order valence-corrected chi connectivity index (χ2v) is 4.53. The minimum Gasteiger partial charge on any atom is -0.468 e. The first-order valence-corrected chi connectivity index (χ1v) is 6.03. The van der Waals surface area contributed by atoms with Crippen molar-refractivity contribution < 1.29 is 9.53 Å². The Labute approximate surface area is 92.6 Å². The standard InChI is InChI=1S/C12H23NO2/c1-4-9(2)11(12(14)15-3)13-10-7-5-6-8-10/h9-11,13H,4-8H2,1-3H3/t9-,11-/m0/s1.